The third-order valence-corrected chi connectivity index (χ3v) is 2.87. The number of carbonyl (C=O) groups excluding carboxylic acids is 1. The maximum absolute atomic E-state index is 11.7. The SMILES string of the molecule is COCCCC(N)C(=O)NCc1ccc(CO)cc1. The van der Waals surface area contributed by atoms with Gasteiger partial charge in [0, 0.05) is 20.3 Å². The van der Waals surface area contributed by atoms with Gasteiger partial charge in [-0.05, 0) is 24.0 Å². The molecule has 1 aromatic rings. The Balaban J connectivity index is 2.32. The number of hydrogen-bond acceptors (Lipinski definition) is 4. The van der Waals surface area contributed by atoms with Gasteiger partial charge >= 0.3 is 0 Å². The summed E-state index contributed by atoms with van der Waals surface area (Å²) in [5, 5.41) is 11.7. The Morgan fingerprint density at radius 3 is 2.58 bits per heavy atom. The molecule has 1 rings (SSSR count). The highest BCUT2D eigenvalue weighted by Gasteiger charge is 2.12. The van der Waals surface area contributed by atoms with Crippen molar-refractivity contribution in [1.29, 1.82) is 0 Å². The van der Waals surface area contributed by atoms with Crippen LogP contribution >= 0.6 is 0 Å². The summed E-state index contributed by atoms with van der Waals surface area (Å²) in [5.74, 6) is -0.151. The largest absolute Gasteiger partial charge is 0.392 e. The molecule has 0 saturated heterocycles. The van der Waals surface area contributed by atoms with Crippen molar-refractivity contribution in [3.63, 3.8) is 0 Å². The molecule has 1 amide bonds. The zero-order valence-electron chi connectivity index (χ0n) is 11.3. The fourth-order valence-electron chi connectivity index (χ4n) is 1.66. The zero-order chi connectivity index (χ0) is 14.1. The number of amides is 1. The summed E-state index contributed by atoms with van der Waals surface area (Å²) in [6, 6.07) is 6.93. The van der Waals surface area contributed by atoms with Crippen molar-refractivity contribution >= 4 is 5.91 Å². The fourth-order valence-corrected chi connectivity index (χ4v) is 1.66. The minimum atomic E-state index is -0.494. The summed E-state index contributed by atoms with van der Waals surface area (Å²) >= 11 is 0. The maximum Gasteiger partial charge on any atom is 0.237 e. The van der Waals surface area contributed by atoms with Crippen molar-refractivity contribution in [1.82, 2.24) is 5.32 Å². The summed E-state index contributed by atoms with van der Waals surface area (Å²) < 4.78 is 4.92. The van der Waals surface area contributed by atoms with Gasteiger partial charge in [-0.2, -0.15) is 0 Å². The highest BCUT2D eigenvalue weighted by molar-refractivity contribution is 5.81. The quantitative estimate of drug-likeness (QED) is 0.600. The lowest BCUT2D eigenvalue weighted by atomic mass is 10.1. The molecule has 0 bridgehead atoms. The Bertz CT molecular complexity index is 379. The number of rotatable bonds is 8. The Morgan fingerprint density at radius 2 is 2.00 bits per heavy atom. The first-order valence-electron chi connectivity index (χ1n) is 6.38. The summed E-state index contributed by atoms with van der Waals surface area (Å²) in [7, 11) is 1.63. The van der Waals surface area contributed by atoms with E-state index in [9.17, 15) is 4.79 Å². The molecule has 0 aliphatic rings. The molecule has 0 heterocycles. The van der Waals surface area contributed by atoms with E-state index in [0.717, 1.165) is 17.5 Å². The zero-order valence-corrected chi connectivity index (χ0v) is 11.3. The number of benzene rings is 1. The van der Waals surface area contributed by atoms with Gasteiger partial charge in [-0.1, -0.05) is 24.3 Å². The van der Waals surface area contributed by atoms with E-state index in [-0.39, 0.29) is 12.5 Å². The average Bonchev–Trinajstić information content (AvgIpc) is 2.45. The van der Waals surface area contributed by atoms with Crippen molar-refractivity contribution in [3.05, 3.63) is 35.4 Å². The number of ether oxygens (including phenoxy) is 1. The topological polar surface area (TPSA) is 84.6 Å². The van der Waals surface area contributed by atoms with Crippen molar-refractivity contribution in [3.8, 4) is 0 Å². The van der Waals surface area contributed by atoms with E-state index in [0.29, 0.717) is 19.6 Å². The second kappa shape index (κ2) is 8.63. The Hall–Kier alpha value is -1.43. The van der Waals surface area contributed by atoms with Crippen LogP contribution in [0.15, 0.2) is 24.3 Å². The van der Waals surface area contributed by atoms with Crippen molar-refractivity contribution in [2.75, 3.05) is 13.7 Å². The van der Waals surface area contributed by atoms with E-state index in [1.54, 1.807) is 7.11 Å². The van der Waals surface area contributed by atoms with Gasteiger partial charge in [0.25, 0.3) is 0 Å². The van der Waals surface area contributed by atoms with E-state index in [1.807, 2.05) is 24.3 Å². The van der Waals surface area contributed by atoms with Crippen LogP contribution in [0.25, 0.3) is 0 Å². The van der Waals surface area contributed by atoms with E-state index in [1.165, 1.54) is 0 Å². The lowest BCUT2D eigenvalue weighted by molar-refractivity contribution is -0.122. The van der Waals surface area contributed by atoms with Gasteiger partial charge in [-0.15, -0.1) is 0 Å². The number of methoxy groups -OCH3 is 1. The van der Waals surface area contributed by atoms with Crippen molar-refractivity contribution in [2.45, 2.75) is 32.0 Å². The molecule has 0 spiro atoms. The average molecular weight is 266 g/mol. The first-order valence-corrected chi connectivity index (χ1v) is 6.38. The predicted octanol–water partition coefficient (Wildman–Crippen LogP) is 0.549. The molecule has 4 N–H and O–H groups in total. The number of aliphatic hydroxyl groups excluding tert-OH is 1. The fraction of sp³-hybridized carbons (Fsp3) is 0.500. The molecule has 1 aromatic carbocycles. The number of nitrogens with two attached hydrogens (primary N) is 1. The number of nitrogens with one attached hydrogen (secondary N) is 1. The van der Waals surface area contributed by atoms with Gasteiger partial charge in [-0.3, -0.25) is 4.79 Å². The molecule has 106 valence electrons. The standard InChI is InChI=1S/C14H22N2O3/c1-19-8-2-3-13(15)14(18)16-9-11-4-6-12(10-17)7-5-11/h4-7,13,17H,2-3,8-10,15H2,1H3,(H,16,18). The maximum atomic E-state index is 11.7. The van der Waals surface area contributed by atoms with Crippen LogP contribution < -0.4 is 11.1 Å². The molecule has 0 aliphatic carbocycles. The van der Waals surface area contributed by atoms with Crippen LogP contribution in [-0.4, -0.2) is 30.8 Å². The summed E-state index contributed by atoms with van der Waals surface area (Å²) in [6.07, 6.45) is 1.39. The first-order chi connectivity index (χ1) is 9.17. The molecular weight excluding hydrogens is 244 g/mol. The van der Waals surface area contributed by atoms with E-state index in [4.69, 9.17) is 15.6 Å². The molecule has 0 aromatic heterocycles. The second-order valence-electron chi connectivity index (χ2n) is 4.43. The minimum Gasteiger partial charge on any atom is -0.392 e. The molecular formula is C14H22N2O3. The predicted molar refractivity (Wildman–Crippen MR) is 73.3 cm³/mol. The van der Waals surface area contributed by atoms with Crippen molar-refractivity contribution < 1.29 is 14.6 Å². The Kier molecular flexibility index (Phi) is 7.10. The molecule has 19 heavy (non-hydrogen) atoms. The van der Waals surface area contributed by atoms with Crippen LogP contribution in [0.1, 0.15) is 24.0 Å². The molecule has 1 atom stereocenters. The van der Waals surface area contributed by atoms with Gasteiger partial charge in [0.2, 0.25) is 5.91 Å². The third-order valence-electron chi connectivity index (χ3n) is 2.87. The third kappa shape index (κ3) is 5.83. The van der Waals surface area contributed by atoms with Crippen LogP contribution in [0.3, 0.4) is 0 Å². The Labute approximate surface area is 113 Å². The van der Waals surface area contributed by atoms with Gasteiger partial charge in [0.05, 0.1) is 12.6 Å². The van der Waals surface area contributed by atoms with Crippen LogP contribution in [0.2, 0.25) is 0 Å². The highest BCUT2D eigenvalue weighted by atomic mass is 16.5. The van der Waals surface area contributed by atoms with Gasteiger partial charge in [-0.25, -0.2) is 0 Å². The lowest BCUT2D eigenvalue weighted by Crippen LogP contribution is -2.40. The van der Waals surface area contributed by atoms with Crippen LogP contribution in [0.5, 0.6) is 0 Å². The normalized spacial score (nSPS) is 12.2. The first kappa shape index (κ1) is 15.6. The van der Waals surface area contributed by atoms with Gasteiger partial charge in [0.1, 0.15) is 0 Å². The summed E-state index contributed by atoms with van der Waals surface area (Å²) in [4.78, 5) is 11.7. The van der Waals surface area contributed by atoms with Crippen molar-refractivity contribution in [2.24, 2.45) is 5.73 Å². The molecule has 5 nitrogen and oxygen atoms in total. The van der Waals surface area contributed by atoms with Crippen LogP contribution in [0, 0.1) is 0 Å². The molecule has 1 unspecified atom stereocenters. The van der Waals surface area contributed by atoms with E-state index in [2.05, 4.69) is 5.32 Å². The number of carbonyl (C=O) groups is 1. The van der Waals surface area contributed by atoms with Crippen LogP contribution in [0.4, 0.5) is 0 Å². The molecule has 0 saturated carbocycles. The van der Waals surface area contributed by atoms with E-state index >= 15 is 0 Å². The molecule has 0 radical (unpaired) electrons. The second-order valence-corrected chi connectivity index (χ2v) is 4.43. The summed E-state index contributed by atoms with van der Waals surface area (Å²) in [6.45, 7) is 1.09. The monoisotopic (exact) mass is 266 g/mol. The number of aliphatic hydroxyl groups is 1. The summed E-state index contributed by atoms with van der Waals surface area (Å²) in [5.41, 5.74) is 7.60. The van der Waals surface area contributed by atoms with E-state index < -0.39 is 6.04 Å². The lowest BCUT2D eigenvalue weighted by Gasteiger charge is -2.12. The Morgan fingerprint density at radius 1 is 1.37 bits per heavy atom. The molecule has 0 fully saturated rings. The van der Waals surface area contributed by atoms with Gasteiger partial charge < -0.3 is 20.9 Å². The molecule has 0 aliphatic heterocycles. The number of hydrogen-bond donors (Lipinski definition) is 3. The van der Waals surface area contributed by atoms with Gasteiger partial charge in [0.15, 0.2) is 0 Å². The molecule has 5 heteroatoms. The smallest absolute Gasteiger partial charge is 0.237 e. The van der Waals surface area contributed by atoms with Crippen LogP contribution in [-0.2, 0) is 22.7 Å². The minimum absolute atomic E-state index is 0.0248. The highest BCUT2D eigenvalue weighted by Crippen LogP contribution is 2.04.